The molecule has 2 aromatic carbocycles. The van der Waals surface area contributed by atoms with Crippen LogP contribution in [0.25, 0.3) is 11.4 Å². The van der Waals surface area contributed by atoms with Gasteiger partial charge in [-0.25, -0.2) is 4.39 Å². The number of halogens is 1. The Kier molecular flexibility index (Phi) is 6.67. The molecule has 0 aliphatic carbocycles. The largest absolute Gasteiger partial charge is 0.467 e. The van der Waals surface area contributed by atoms with Crippen molar-refractivity contribution in [2.24, 2.45) is 0 Å². The molecule has 1 amide bonds. The average Bonchev–Trinajstić information content (AvgIpc) is 3.55. The molecule has 7 nitrogen and oxygen atoms in total. The van der Waals surface area contributed by atoms with Gasteiger partial charge in [-0.1, -0.05) is 42.1 Å². The minimum Gasteiger partial charge on any atom is -0.467 e. The Bertz CT molecular complexity index is 1390. The highest BCUT2D eigenvalue weighted by Gasteiger charge is 2.26. The molecule has 0 fully saturated rings. The Hall–Kier alpha value is -4.24. The van der Waals surface area contributed by atoms with Crippen LogP contribution in [0.4, 0.5) is 10.1 Å². The zero-order chi connectivity index (χ0) is 24.0. The van der Waals surface area contributed by atoms with Crippen LogP contribution in [0.1, 0.15) is 16.6 Å². The number of rotatable bonds is 8. The lowest BCUT2D eigenvalue weighted by atomic mass is 10.1. The molecule has 1 atom stereocenters. The van der Waals surface area contributed by atoms with Gasteiger partial charge in [-0.15, -0.1) is 10.2 Å². The first-order valence-corrected chi connectivity index (χ1v) is 11.7. The van der Waals surface area contributed by atoms with Crippen LogP contribution in [0, 0.1) is 5.82 Å². The van der Waals surface area contributed by atoms with Crippen LogP contribution in [0.15, 0.2) is 107 Å². The zero-order valence-corrected chi connectivity index (χ0v) is 19.2. The lowest BCUT2D eigenvalue weighted by molar-refractivity contribution is -0.115. The van der Waals surface area contributed by atoms with E-state index >= 15 is 0 Å². The highest BCUT2D eigenvalue weighted by atomic mass is 32.2. The molecule has 9 heteroatoms. The summed E-state index contributed by atoms with van der Waals surface area (Å²) in [6, 6.07) is 22.5. The number of thioether (sulfide) groups is 1. The van der Waals surface area contributed by atoms with Gasteiger partial charge in [-0.3, -0.25) is 14.3 Å². The second-order valence-electron chi connectivity index (χ2n) is 7.62. The molecule has 5 aromatic rings. The Morgan fingerprint density at radius 1 is 1.00 bits per heavy atom. The fraction of sp³-hybridized carbons (Fsp3) is 0.0769. The fourth-order valence-electron chi connectivity index (χ4n) is 3.53. The summed E-state index contributed by atoms with van der Waals surface area (Å²) in [4.78, 5) is 17.6. The first kappa shape index (κ1) is 22.5. The van der Waals surface area contributed by atoms with Gasteiger partial charge < -0.3 is 9.73 Å². The van der Waals surface area contributed by atoms with Gasteiger partial charge in [0.05, 0.1) is 12.8 Å². The second-order valence-corrected chi connectivity index (χ2v) is 8.69. The van der Waals surface area contributed by atoms with Gasteiger partial charge in [0.1, 0.15) is 16.8 Å². The number of carbonyl (C=O) groups excluding carboxylic acids is 1. The lowest BCUT2D eigenvalue weighted by Gasteiger charge is -2.17. The standard InChI is InChI=1S/C26H20FN5O2S/c27-20-10-12-21(13-11-20)29-25(33)23(18-6-2-1-3-7-18)35-26-31-30-24(19-8-4-14-28-16-19)32(26)17-22-9-5-15-34-22/h1-16,23H,17H2,(H,29,33). The maximum Gasteiger partial charge on any atom is 0.242 e. The summed E-state index contributed by atoms with van der Waals surface area (Å²) < 4.78 is 20.8. The number of anilines is 1. The van der Waals surface area contributed by atoms with Gasteiger partial charge in [-0.2, -0.15) is 0 Å². The summed E-state index contributed by atoms with van der Waals surface area (Å²) in [5.41, 5.74) is 2.10. The van der Waals surface area contributed by atoms with Crippen LogP contribution in [0.3, 0.4) is 0 Å². The zero-order valence-electron chi connectivity index (χ0n) is 18.4. The molecule has 3 heterocycles. The Morgan fingerprint density at radius 2 is 1.83 bits per heavy atom. The SMILES string of the molecule is O=C(Nc1ccc(F)cc1)C(Sc1nnc(-c2cccnc2)n1Cc1ccco1)c1ccccc1. The van der Waals surface area contributed by atoms with E-state index in [1.54, 1.807) is 18.7 Å². The van der Waals surface area contributed by atoms with Crippen molar-refractivity contribution in [3.8, 4) is 11.4 Å². The number of pyridine rings is 1. The lowest BCUT2D eigenvalue weighted by Crippen LogP contribution is -2.19. The molecule has 174 valence electrons. The van der Waals surface area contributed by atoms with Gasteiger partial charge in [0.2, 0.25) is 5.91 Å². The number of nitrogens with one attached hydrogen (secondary N) is 1. The summed E-state index contributed by atoms with van der Waals surface area (Å²) in [5.74, 6) is 0.709. The molecule has 0 aliphatic rings. The number of nitrogens with zero attached hydrogens (tertiary/aromatic N) is 4. The van der Waals surface area contributed by atoms with E-state index in [0.29, 0.717) is 23.2 Å². The number of hydrogen-bond acceptors (Lipinski definition) is 6. The molecule has 1 unspecified atom stereocenters. The molecule has 0 saturated carbocycles. The quantitative estimate of drug-likeness (QED) is 0.288. The van der Waals surface area contributed by atoms with Crippen LogP contribution in [0.5, 0.6) is 0 Å². The van der Waals surface area contributed by atoms with Gasteiger partial charge in [0, 0.05) is 23.6 Å². The van der Waals surface area contributed by atoms with Crippen LogP contribution in [-0.4, -0.2) is 25.7 Å². The number of amides is 1. The molecule has 0 radical (unpaired) electrons. The molecule has 0 saturated heterocycles. The topological polar surface area (TPSA) is 85.8 Å². The number of benzene rings is 2. The predicted molar refractivity (Wildman–Crippen MR) is 131 cm³/mol. The van der Waals surface area contributed by atoms with Crippen molar-refractivity contribution in [1.82, 2.24) is 19.7 Å². The number of carbonyl (C=O) groups is 1. The molecule has 3 aromatic heterocycles. The third-order valence-corrected chi connectivity index (χ3v) is 6.44. The van der Waals surface area contributed by atoms with Crippen molar-refractivity contribution in [3.63, 3.8) is 0 Å². The molecule has 0 bridgehead atoms. The van der Waals surface area contributed by atoms with Crippen LogP contribution >= 0.6 is 11.8 Å². The summed E-state index contributed by atoms with van der Waals surface area (Å²) >= 11 is 1.28. The average molecular weight is 486 g/mol. The third-order valence-electron chi connectivity index (χ3n) is 5.21. The molecule has 35 heavy (non-hydrogen) atoms. The van der Waals surface area contributed by atoms with Crippen LogP contribution in [0.2, 0.25) is 0 Å². The van der Waals surface area contributed by atoms with Gasteiger partial charge in [0.15, 0.2) is 11.0 Å². The van der Waals surface area contributed by atoms with Gasteiger partial charge in [-0.05, 0) is 54.1 Å². The molecule has 1 N–H and O–H groups in total. The Morgan fingerprint density at radius 3 is 2.54 bits per heavy atom. The van der Waals surface area contributed by atoms with E-state index in [2.05, 4.69) is 20.5 Å². The highest BCUT2D eigenvalue weighted by molar-refractivity contribution is 8.00. The summed E-state index contributed by atoms with van der Waals surface area (Å²) in [7, 11) is 0. The van der Waals surface area contributed by atoms with Crippen molar-refractivity contribution in [3.05, 3.63) is 115 Å². The summed E-state index contributed by atoms with van der Waals surface area (Å²) in [6.07, 6.45) is 5.02. The highest BCUT2D eigenvalue weighted by Crippen LogP contribution is 2.37. The van der Waals surface area contributed by atoms with Crippen molar-refractivity contribution < 1.29 is 13.6 Å². The second kappa shape index (κ2) is 10.4. The van der Waals surface area contributed by atoms with E-state index in [1.165, 1.54) is 36.0 Å². The monoisotopic (exact) mass is 485 g/mol. The Balaban J connectivity index is 1.50. The van der Waals surface area contributed by atoms with Gasteiger partial charge >= 0.3 is 0 Å². The first-order chi connectivity index (χ1) is 17.2. The van der Waals surface area contributed by atoms with Crippen molar-refractivity contribution in [2.75, 3.05) is 5.32 Å². The minimum atomic E-state index is -0.637. The van der Waals surface area contributed by atoms with Gasteiger partial charge in [0.25, 0.3) is 0 Å². The van der Waals surface area contributed by atoms with E-state index < -0.39 is 5.25 Å². The Labute approximate surface area is 205 Å². The van der Waals surface area contributed by atoms with E-state index in [9.17, 15) is 9.18 Å². The smallest absolute Gasteiger partial charge is 0.242 e. The normalized spacial score (nSPS) is 11.8. The van der Waals surface area contributed by atoms with E-state index in [4.69, 9.17) is 4.42 Å². The third kappa shape index (κ3) is 5.30. The molecule has 5 rings (SSSR count). The maximum absolute atomic E-state index is 13.4. The number of hydrogen-bond donors (Lipinski definition) is 1. The molecular weight excluding hydrogens is 465 g/mol. The molecule has 0 aliphatic heterocycles. The van der Waals surface area contributed by atoms with Crippen LogP contribution < -0.4 is 5.32 Å². The van der Waals surface area contributed by atoms with Crippen molar-refractivity contribution in [1.29, 1.82) is 0 Å². The number of aromatic nitrogens is 4. The van der Waals surface area contributed by atoms with E-state index in [-0.39, 0.29) is 11.7 Å². The van der Waals surface area contributed by atoms with Crippen molar-refractivity contribution >= 4 is 23.4 Å². The molecule has 0 spiro atoms. The van der Waals surface area contributed by atoms with Crippen molar-refractivity contribution in [2.45, 2.75) is 17.0 Å². The number of furan rings is 1. The predicted octanol–water partition coefficient (Wildman–Crippen LogP) is 5.59. The maximum atomic E-state index is 13.4. The summed E-state index contributed by atoms with van der Waals surface area (Å²) in [5, 5.41) is 11.6. The molecular formula is C26H20FN5O2S. The summed E-state index contributed by atoms with van der Waals surface area (Å²) in [6.45, 7) is 0.383. The van der Waals surface area contributed by atoms with E-state index in [0.717, 1.165) is 16.9 Å². The van der Waals surface area contributed by atoms with E-state index in [1.807, 2.05) is 59.2 Å². The first-order valence-electron chi connectivity index (χ1n) is 10.8. The fourth-order valence-corrected chi connectivity index (χ4v) is 4.57. The minimum absolute atomic E-state index is 0.261. The van der Waals surface area contributed by atoms with Crippen LogP contribution in [-0.2, 0) is 11.3 Å².